The summed E-state index contributed by atoms with van der Waals surface area (Å²) in [5.74, 6) is -1.46. The number of carbonyl (C=O) groups is 1. The molecular formula is C18H15F2N3O2S. The van der Waals surface area contributed by atoms with Crippen LogP contribution >= 0.6 is 11.3 Å². The van der Waals surface area contributed by atoms with E-state index in [1.165, 1.54) is 17.4 Å². The second kappa shape index (κ2) is 7.92. The molecule has 134 valence electrons. The Labute approximate surface area is 152 Å². The van der Waals surface area contributed by atoms with Crippen molar-refractivity contribution in [3.8, 4) is 5.75 Å². The molecule has 0 unspecified atom stereocenters. The molecular weight excluding hydrogens is 360 g/mol. The van der Waals surface area contributed by atoms with Crippen molar-refractivity contribution in [2.24, 2.45) is 0 Å². The largest absolute Gasteiger partial charge is 0.497 e. The number of rotatable bonds is 6. The number of nitrogens with one attached hydrogen (secondary N) is 2. The zero-order valence-corrected chi connectivity index (χ0v) is 14.6. The van der Waals surface area contributed by atoms with Gasteiger partial charge in [0.05, 0.1) is 7.11 Å². The van der Waals surface area contributed by atoms with E-state index in [-0.39, 0.29) is 11.6 Å². The Bertz CT molecular complexity index is 913. The van der Waals surface area contributed by atoms with Gasteiger partial charge < -0.3 is 15.4 Å². The van der Waals surface area contributed by atoms with Crippen LogP contribution in [0.3, 0.4) is 0 Å². The number of methoxy groups -OCH3 is 1. The molecule has 0 spiro atoms. The minimum absolute atomic E-state index is 0.244. The Hall–Kier alpha value is -3.00. The van der Waals surface area contributed by atoms with Crippen LogP contribution in [0, 0.1) is 11.6 Å². The third-order valence-corrected chi connectivity index (χ3v) is 4.28. The fourth-order valence-corrected chi connectivity index (χ4v) is 2.86. The highest BCUT2D eigenvalue weighted by molar-refractivity contribution is 7.14. The van der Waals surface area contributed by atoms with Gasteiger partial charge in [-0.05, 0) is 29.8 Å². The Balaban J connectivity index is 1.59. The van der Waals surface area contributed by atoms with Gasteiger partial charge in [0, 0.05) is 23.7 Å². The number of hydrogen-bond donors (Lipinski definition) is 2. The summed E-state index contributed by atoms with van der Waals surface area (Å²) in [6.07, 6.45) is 0. The number of carbonyl (C=O) groups excluding carboxylic acids is 1. The third-order valence-electron chi connectivity index (χ3n) is 3.52. The number of thiazole rings is 1. The average molecular weight is 375 g/mol. The molecule has 0 saturated carbocycles. The van der Waals surface area contributed by atoms with Crippen LogP contribution in [0.2, 0.25) is 0 Å². The van der Waals surface area contributed by atoms with Crippen molar-refractivity contribution in [2.45, 2.75) is 6.54 Å². The molecule has 0 fully saturated rings. The van der Waals surface area contributed by atoms with Crippen molar-refractivity contribution in [1.82, 2.24) is 10.3 Å². The summed E-state index contributed by atoms with van der Waals surface area (Å²) in [7, 11) is 1.59. The van der Waals surface area contributed by atoms with Crippen LogP contribution in [0.5, 0.6) is 5.75 Å². The van der Waals surface area contributed by atoms with E-state index in [0.717, 1.165) is 23.4 Å². The molecule has 3 aromatic rings. The predicted molar refractivity (Wildman–Crippen MR) is 95.9 cm³/mol. The molecule has 5 nitrogen and oxygen atoms in total. The van der Waals surface area contributed by atoms with E-state index in [9.17, 15) is 13.6 Å². The third kappa shape index (κ3) is 4.34. The van der Waals surface area contributed by atoms with Crippen LogP contribution in [-0.4, -0.2) is 18.0 Å². The van der Waals surface area contributed by atoms with Crippen molar-refractivity contribution in [3.05, 3.63) is 70.7 Å². The topological polar surface area (TPSA) is 63.2 Å². The van der Waals surface area contributed by atoms with Crippen LogP contribution in [0.15, 0.2) is 47.8 Å². The summed E-state index contributed by atoms with van der Waals surface area (Å²) in [4.78, 5) is 16.3. The summed E-state index contributed by atoms with van der Waals surface area (Å²) in [6.45, 7) is 0.353. The van der Waals surface area contributed by atoms with Crippen LogP contribution in [-0.2, 0) is 6.54 Å². The van der Waals surface area contributed by atoms with E-state index in [0.29, 0.717) is 17.4 Å². The molecule has 0 saturated heterocycles. The molecule has 0 bridgehead atoms. The molecule has 26 heavy (non-hydrogen) atoms. The van der Waals surface area contributed by atoms with Crippen LogP contribution < -0.4 is 15.4 Å². The molecule has 1 amide bonds. The molecule has 2 aromatic carbocycles. The van der Waals surface area contributed by atoms with Crippen LogP contribution in [0.1, 0.15) is 16.1 Å². The highest BCUT2D eigenvalue weighted by Crippen LogP contribution is 2.22. The van der Waals surface area contributed by atoms with Crippen LogP contribution in [0.25, 0.3) is 0 Å². The second-order valence-electron chi connectivity index (χ2n) is 5.32. The molecule has 3 rings (SSSR count). The van der Waals surface area contributed by atoms with Crippen LogP contribution in [0.4, 0.5) is 19.6 Å². The number of anilines is 2. The number of hydrogen-bond acceptors (Lipinski definition) is 5. The number of aromatic nitrogens is 1. The normalized spacial score (nSPS) is 10.4. The summed E-state index contributed by atoms with van der Waals surface area (Å²) < 4.78 is 31.2. The lowest BCUT2D eigenvalue weighted by molar-refractivity contribution is 0.0946. The van der Waals surface area contributed by atoms with E-state index in [1.807, 2.05) is 24.3 Å². The van der Waals surface area contributed by atoms with E-state index >= 15 is 0 Å². The summed E-state index contributed by atoms with van der Waals surface area (Å²) in [5.41, 5.74) is 1.52. The summed E-state index contributed by atoms with van der Waals surface area (Å²) in [5, 5.41) is 7.61. The van der Waals surface area contributed by atoms with Gasteiger partial charge in [-0.15, -0.1) is 11.3 Å². The molecule has 1 aromatic heterocycles. The quantitative estimate of drug-likeness (QED) is 0.681. The SMILES string of the molecule is COc1ccc(CNC(=O)c2csc(Nc3ccc(F)c(F)c3)n2)cc1. The van der Waals surface area contributed by atoms with Gasteiger partial charge in [0.25, 0.3) is 5.91 Å². The van der Waals surface area contributed by atoms with E-state index in [2.05, 4.69) is 15.6 Å². The molecule has 0 aliphatic rings. The zero-order chi connectivity index (χ0) is 18.5. The maximum Gasteiger partial charge on any atom is 0.271 e. The van der Waals surface area contributed by atoms with Gasteiger partial charge in [-0.1, -0.05) is 12.1 Å². The molecule has 0 atom stereocenters. The molecule has 8 heteroatoms. The smallest absolute Gasteiger partial charge is 0.271 e. The van der Waals surface area contributed by atoms with Gasteiger partial charge in [0.2, 0.25) is 0 Å². The van der Waals surface area contributed by atoms with Crippen molar-refractivity contribution >= 4 is 28.1 Å². The Morgan fingerprint density at radius 3 is 2.62 bits per heavy atom. The monoisotopic (exact) mass is 375 g/mol. The Morgan fingerprint density at radius 1 is 1.15 bits per heavy atom. The number of nitrogens with zero attached hydrogens (tertiary/aromatic N) is 1. The minimum Gasteiger partial charge on any atom is -0.497 e. The first-order valence-corrected chi connectivity index (χ1v) is 8.52. The lowest BCUT2D eigenvalue weighted by Crippen LogP contribution is -2.23. The standard InChI is InChI=1S/C18H15F2N3O2S/c1-25-13-5-2-11(3-6-13)9-21-17(24)16-10-26-18(23-16)22-12-4-7-14(19)15(20)8-12/h2-8,10H,9H2,1H3,(H,21,24)(H,22,23). The van der Waals surface area contributed by atoms with E-state index in [4.69, 9.17) is 4.74 Å². The highest BCUT2D eigenvalue weighted by Gasteiger charge is 2.11. The number of halogens is 2. The van der Waals surface area contributed by atoms with Crippen molar-refractivity contribution in [3.63, 3.8) is 0 Å². The number of benzene rings is 2. The zero-order valence-electron chi connectivity index (χ0n) is 13.8. The fraction of sp³-hybridized carbons (Fsp3) is 0.111. The Kier molecular flexibility index (Phi) is 5.43. The van der Waals surface area contributed by atoms with Gasteiger partial charge in [0.15, 0.2) is 16.8 Å². The van der Waals surface area contributed by atoms with Crippen molar-refractivity contribution < 1.29 is 18.3 Å². The molecule has 2 N–H and O–H groups in total. The van der Waals surface area contributed by atoms with Gasteiger partial charge in [-0.3, -0.25) is 4.79 Å². The summed E-state index contributed by atoms with van der Waals surface area (Å²) in [6, 6.07) is 10.8. The van der Waals surface area contributed by atoms with E-state index in [1.54, 1.807) is 12.5 Å². The first-order chi connectivity index (χ1) is 12.5. The van der Waals surface area contributed by atoms with Gasteiger partial charge in [-0.2, -0.15) is 0 Å². The van der Waals surface area contributed by atoms with E-state index < -0.39 is 11.6 Å². The Morgan fingerprint density at radius 2 is 1.92 bits per heavy atom. The van der Waals surface area contributed by atoms with Gasteiger partial charge in [-0.25, -0.2) is 13.8 Å². The maximum absolute atomic E-state index is 13.2. The van der Waals surface area contributed by atoms with Gasteiger partial charge >= 0.3 is 0 Å². The van der Waals surface area contributed by atoms with Crippen molar-refractivity contribution in [1.29, 1.82) is 0 Å². The molecule has 1 heterocycles. The molecule has 0 radical (unpaired) electrons. The number of ether oxygens (including phenoxy) is 1. The first-order valence-electron chi connectivity index (χ1n) is 7.64. The summed E-state index contributed by atoms with van der Waals surface area (Å²) >= 11 is 1.19. The molecule has 0 aliphatic heterocycles. The number of amides is 1. The second-order valence-corrected chi connectivity index (χ2v) is 6.18. The fourth-order valence-electron chi connectivity index (χ4n) is 2.15. The maximum atomic E-state index is 13.2. The minimum atomic E-state index is -0.955. The van der Waals surface area contributed by atoms with Gasteiger partial charge in [0.1, 0.15) is 11.4 Å². The molecule has 0 aliphatic carbocycles. The first kappa shape index (κ1) is 17.8. The lowest BCUT2D eigenvalue weighted by atomic mass is 10.2. The lowest BCUT2D eigenvalue weighted by Gasteiger charge is -2.05. The van der Waals surface area contributed by atoms with Crippen molar-refractivity contribution in [2.75, 3.05) is 12.4 Å². The predicted octanol–water partition coefficient (Wildman–Crippen LogP) is 4.10. The highest BCUT2D eigenvalue weighted by atomic mass is 32.1. The average Bonchev–Trinajstić information content (AvgIpc) is 3.12.